The number of aromatic nitrogens is 2. The van der Waals surface area contributed by atoms with Crippen LogP contribution in [0.5, 0.6) is 23.0 Å². The molecule has 10 aromatic rings. The summed E-state index contributed by atoms with van der Waals surface area (Å²) < 4.78 is 46.9. The molecule has 0 saturated carbocycles. The second kappa shape index (κ2) is 21.9. The van der Waals surface area contributed by atoms with E-state index in [1.54, 1.807) is 40.8 Å². The third-order valence-electron chi connectivity index (χ3n) is 12.1. The molecule has 72 heavy (non-hydrogen) atoms. The van der Waals surface area contributed by atoms with Crippen molar-refractivity contribution in [3.8, 4) is 80.3 Å². The fourth-order valence-corrected chi connectivity index (χ4v) is 8.90. The van der Waals surface area contributed by atoms with E-state index in [1.807, 2.05) is 109 Å². The zero-order valence-electron chi connectivity index (χ0n) is 40.2. The molecule has 0 aliphatic rings. The van der Waals surface area contributed by atoms with Gasteiger partial charge in [0.15, 0.2) is 27.2 Å². The van der Waals surface area contributed by atoms with Gasteiger partial charge in [-0.25, -0.2) is 0 Å². The van der Waals surface area contributed by atoms with Crippen molar-refractivity contribution in [1.29, 1.82) is 0 Å². The van der Waals surface area contributed by atoms with Crippen LogP contribution in [0.2, 0.25) is 0 Å². The number of hydrogen-bond acceptors (Lipinski definition) is 10. The van der Waals surface area contributed by atoms with E-state index in [1.165, 1.54) is 0 Å². The highest BCUT2D eigenvalue weighted by atomic mass is 16.7. The molecule has 354 valence electrons. The molecule has 0 spiro atoms. The van der Waals surface area contributed by atoms with Crippen LogP contribution in [0.1, 0.15) is 22.3 Å². The van der Waals surface area contributed by atoms with Crippen LogP contribution in [0, 0.1) is 23.7 Å². The van der Waals surface area contributed by atoms with E-state index in [0.29, 0.717) is 56.6 Å². The van der Waals surface area contributed by atoms with Crippen molar-refractivity contribution in [1.82, 2.24) is 9.97 Å². The highest BCUT2D eigenvalue weighted by molar-refractivity contribution is 6.12. The molecule has 0 saturated heterocycles. The standard InChI is InChI=1S/C62H48N2O8/c1-65-37-69-55-31-27-43-13-5-9-17-49(43)57(55)59-51-19-11-7-15-45(51)33-47(61(59)71-39-67-3)25-21-41-23-29-53(63-35-41)54-30-24-42(36-64-54)22-26-48-34-46-16-8-12-20-52(46)60(62(48)72-40-68-4)58-50-18-10-6-14-44(50)28-32-56(58)70-38-66-2/h5-20,23-24,27-36H,37-40H2,1-4H3. The van der Waals surface area contributed by atoms with Crippen LogP contribution >= 0.6 is 0 Å². The van der Waals surface area contributed by atoms with Crippen LogP contribution in [-0.4, -0.2) is 65.6 Å². The largest absolute Gasteiger partial charge is 0.467 e. The Hall–Kier alpha value is -8.74. The highest BCUT2D eigenvalue weighted by Gasteiger charge is 2.24. The molecule has 0 aliphatic heterocycles. The highest BCUT2D eigenvalue weighted by Crippen LogP contribution is 2.49. The summed E-state index contributed by atoms with van der Waals surface area (Å²) in [6.07, 6.45) is 3.49. The lowest BCUT2D eigenvalue weighted by atomic mass is 9.90. The van der Waals surface area contributed by atoms with E-state index in [2.05, 4.69) is 72.2 Å². The first-order chi connectivity index (χ1) is 35.6. The Balaban J connectivity index is 0.982. The van der Waals surface area contributed by atoms with Gasteiger partial charge in [0, 0.05) is 74.2 Å². The van der Waals surface area contributed by atoms with E-state index >= 15 is 0 Å². The first-order valence-corrected chi connectivity index (χ1v) is 23.2. The number of methoxy groups -OCH3 is 4. The lowest BCUT2D eigenvalue weighted by Gasteiger charge is -2.20. The zero-order valence-corrected chi connectivity index (χ0v) is 40.2. The van der Waals surface area contributed by atoms with Gasteiger partial charge in [-0.3, -0.25) is 9.97 Å². The van der Waals surface area contributed by atoms with Gasteiger partial charge >= 0.3 is 0 Å². The Kier molecular flexibility index (Phi) is 14.3. The Bertz CT molecular complexity index is 3470. The number of rotatable bonds is 15. The summed E-state index contributed by atoms with van der Waals surface area (Å²) >= 11 is 0. The quantitative estimate of drug-likeness (QED) is 0.0729. The SMILES string of the molecule is COCOc1ccc2ccccc2c1-c1c(OCOC)c(C#Cc2ccc(-c3ccc(C#Cc4cc5ccccc5c(-c5c(OCOC)ccc6ccccc56)c4OCOC)cn3)nc2)cc2ccccc12. The molecule has 0 radical (unpaired) electrons. The van der Waals surface area contributed by atoms with Crippen LogP contribution in [0.15, 0.2) is 170 Å². The fourth-order valence-electron chi connectivity index (χ4n) is 8.90. The van der Waals surface area contributed by atoms with Crippen molar-refractivity contribution < 1.29 is 37.9 Å². The fraction of sp³-hybridized carbons (Fsp3) is 0.129. The predicted molar refractivity (Wildman–Crippen MR) is 283 cm³/mol. The number of nitrogens with zero attached hydrogens (tertiary/aromatic N) is 2. The monoisotopic (exact) mass is 948 g/mol. The minimum absolute atomic E-state index is 0.0130. The van der Waals surface area contributed by atoms with Gasteiger partial charge in [0.1, 0.15) is 23.0 Å². The van der Waals surface area contributed by atoms with Crippen molar-refractivity contribution in [3.63, 3.8) is 0 Å². The summed E-state index contributed by atoms with van der Waals surface area (Å²) in [6.45, 7) is 0.182. The number of hydrogen-bond donors (Lipinski definition) is 0. The molecule has 0 fully saturated rings. The molecule has 2 heterocycles. The van der Waals surface area contributed by atoms with E-state index in [0.717, 1.165) is 65.3 Å². The summed E-state index contributed by atoms with van der Waals surface area (Å²) in [6, 6.07) is 52.6. The average molecular weight is 949 g/mol. The first-order valence-electron chi connectivity index (χ1n) is 23.2. The minimum atomic E-state index is 0.0130. The van der Waals surface area contributed by atoms with Gasteiger partial charge in [-0.2, -0.15) is 0 Å². The maximum absolute atomic E-state index is 6.43. The van der Waals surface area contributed by atoms with Gasteiger partial charge in [0.2, 0.25) is 0 Å². The van der Waals surface area contributed by atoms with Crippen molar-refractivity contribution in [2.24, 2.45) is 0 Å². The lowest BCUT2D eigenvalue weighted by molar-refractivity contribution is 0.0501. The second-order valence-corrected chi connectivity index (χ2v) is 16.6. The number of pyridine rings is 2. The van der Waals surface area contributed by atoms with E-state index in [-0.39, 0.29) is 27.2 Å². The number of benzene rings is 8. The topological polar surface area (TPSA) is 99.6 Å². The van der Waals surface area contributed by atoms with Crippen LogP contribution < -0.4 is 18.9 Å². The predicted octanol–water partition coefficient (Wildman–Crippen LogP) is 12.8. The summed E-state index contributed by atoms with van der Waals surface area (Å²) in [5, 5.41) is 8.04. The van der Waals surface area contributed by atoms with Gasteiger partial charge in [-0.05, 0) is 91.6 Å². The van der Waals surface area contributed by atoms with Crippen LogP contribution in [0.3, 0.4) is 0 Å². The Morgan fingerprint density at radius 1 is 0.347 bits per heavy atom. The first kappa shape index (κ1) is 47.0. The van der Waals surface area contributed by atoms with Gasteiger partial charge < -0.3 is 37.9 Å². The second-order valence-electron chi connectivity index (χ2n) is 16.6. The molecular weight excluding hydrogens is 901 g/mol. The van der Waals surface area contributed by atoms with E-state index in [4.69, 9.17) is 47.9 Å². The molecule has 10 heteroatoms. The molecule has 0 bridgehead atoms. The Morgan fingerprint density at radius 3 is 1.08 bits per heavy atom. The Labute approximate surface area is 417 Å². The van der Waals surface area contributed by atoms with E-state index in [9.17, 15) is 0 Å². The molecule has 0 aliphatic carbocycles. The van der Waals surface area contributed by atoms with Crippen molar-refractivity contribution in [3.05, 3.63) is 192 Å². The average Bonchev–Trinajstić information content (AvgIpc) is 3.43. The molecule has 0 atom stereocenters. The number of ether oxygens (including phenoxy) is 8. The zero-order chi connectivity index (χ0) is 49.2. The van der Waals surface area contributed by atoms with Crippen molar-refractivity contribution in [2.45, 2.75) is 0 Å². The molecule has 10 nitrogen and oxygen atoms in total. The van der Waals surface area contributed by atoms with Gasteiger partial charge in [-0.15, -0.1) is 0 Å². The van der Waals surface area contributed by atoms with Crippen molar-refractivity contribution >= 4 is 43.1 Å². The molecule has 8 aromatic carbocycles. The Morgan fingerprint density at radius 2 is 0.708 bits per heavy atom. The van der Waals surface area contributed by atoms with Gasteiger partial charge in [-0.1, -0.05) is 133 Å². The summed E-state index contributed by atoms with van der Waals surface area (Å²) in [5.74, 6) is 15.9. The van der Waals surface area contributed by atoms with Gasteiger partial charge in [0.05, 0.1) is 22.5 Å². The molecule has 0 unspecified atom stereocenters. The van der Waals surface area contributed by atoms with Crippen LogP contribution in [0.4, 0.5) is 0 Å². The van der Waals surface area contributed by atoms with Crippen LogP contribution in [0.25, 0.3) is 76.7 Å². The minimum Gasteiger partial charge on any atom is -0.467 e. The maximum Gasteiger partial charge on any atom is 0.188 e. The molecule has 10 rings (SSSR count). The summed E-state index contributed by atoms with van der Waals surface area (Å²) in [4.78, 5) is 9.55. The third kappa shape index (κ3) is 9.72. The molecule has 2 aromatic heterocycles. The normalized spacial score (nSPS) is 11.0. The maximum atomic E-state index is 6.43. The smallest absolute Gasteiger partial charge is 0.188 e. The molecule has 0 amide bonds. The van der Waals surface area contributed by atoms with E-state index < -0.39 is 0 Å². The number of fused-ring (bicyclic) bond motifs is 4. The van der Waals surface area contributed by atoms with Gasteiger partial charge in [0.25, 0.3) is 0 Å². The molecular formula is C62H48N2O8. The lowest BCUT2D eigenvalue weighted by Crippen LogP contribution is -2.05. The summed E-state index contributed by atoms with van der Waals surface area (Å²) in [5.41, 5.74) is 7.59. The summed E-state index contributed by atoms with van der Waals surface area (Å²) in [7, 11) is 6.41. The van der Waals surface area contributed by atoms with Crippen molar-refractivity contribution in [2.75, 3.05) is 55.6 Å². The third-order valence-corrected chi connectivity index (χ3v) is 12.1. The van der Waals surface area contributed by atoms with Crippen LogP contribution in [-0.2, 0) is 18.9 Å². The molecule has 0 N–H and O–H groups in total.